The molecule has 0 aliphatic carbocycles. The summed E-state index contributed by atoms with van der Waals surface area (Å²) in [6, 6.07) is 4.85. The highest BCUT2D eigenvalue weighted by atomic mass is 19.4. The number of halogens is 6. The molecule has 0 aromatic heterocycles. The molecular weight excluding hydrogens is 474 g/mol. The van der Waals surface area contributed by atoms with E-state index < -0.39 is 58.1 Å². The van der Waals surface area contributed by atoms with Gasteiger partial charge in [0.05, 0.1) is 35.1 Å². The van der Waals surface area contributed by atoms with Crippen molar-refractivity contribution in [2.75, 3.05) is 12.1 Å². The lowest BCUT2D eigenvalue weighted by atomic mass is 10.1. The smallest absolute Gasteiger partial charge is 0.416 e. The zero-order valence-electron chi connectivity index (χ0n) is 16.7. The molecule has 0 spiro atoms. The number of anilines is 1. The number of urea groups is 1. The van der Waals surface area contributed by atoms with E-state index in [9.17, 15) is 41.2 Å². The fourth-order valence-electron chi connectivity index (χ4n) is 2.35. The van der Waals surface area contributed by atoms with Crippen molar-refractivity contribution in [3.63, 3.8) is 0 Å². The van der Waals surface area contributed by atoms with Gasteiger partial charge in [-0.25, -0.2) is 14.9 Å². The predicted molar refractivity (Wildman–Crippen MR) is 100 cm³/mol. The maximum atomic E-state index is 13.2. The van der Waals surface area contributed by atoms with Crippen molar-refractivity contribution in [2.45, 2.75) is 12.4 Å². The molecule has 0 unspecified atom stereocenters. The molecule has 0 radical (unpaired) electrons. The summed E-state index contributed by atoms with van der Waals surface area (Å²) in [6.45, 7) is 0. The van der Waals surface area contributed by atoms with Crippen molar-refractivity contribution >= 4 is 23.5 Å². The van der Waals surface area contributed by atoms with Crippen LogP contribution >= 0.6 is 0 Å². The normalized spacial score (nSPS) is 11.4. The van der Waals surface area contributed by atoms with Crippen LogP contribution in [0, 0.1) is 22.7 Å². The van der Waals surface area contributed by atoms with Crippen molar-refractivity contribution in [1.29, 1.82) is 10.5 Å². The number of benzene rings is 2. The fraction of sp³-hybridized carbons (Fsp3) is 0.158. The molecule has 9 nitrogen and oxygen atoms in total. The van der Waals surface area contributed by atoms with E-state index >= 15 is 0 Å². The molecule has 3 amide bonds. The van der Waals surface area contributed by atoms with Crippen LogP contribution < -0.4 is 10.3 Å². The van der Waals surface area contributed by atoms with Crippen LogP contribution in [0.2, 0.25) is 0 Å². The van der Waals surface area contributed by atoms with Crippen LogP contribution in [0.1, 0.15) is 22.3 Å². The van der Waals surface area contributed by atoms with Crippen LogP contribution in [0.5, 0.6) is 0 Å². The lowest BCUT2D eigenvalue weighted by Gasteiger charge is -2.18. The van der Waals surface area contributed by atoms with Gasteiger partial charge in [0, 0.05) is 0 Å². The number of methoxy groups -OCH3 is 1. The molecule has 0 fully saturated rings. The molecule has 34 heavy (non-hydrogen) atoms. The summed E-state index contributed by atoms with van der Waals surface area (Å²) in [5.41, 5.74) is -5.01. The van der Waals surface area contributed by atoms with Crippen molar-refractivity contribution < 1.29 is 40.7 Å². The highest BCUT2D eigenvalue weighted by Crippen LogP contribution is 2.35. The first-order valence-corrected chi connectivity index (χ1v) is 8.65. The van der Waals surface area contributed by atoms with Gasteiger partial charge in [-0.3, -0.25) is 0 Å². The number of carbonyl (C=O) groups is 2. The number of imide groups is 1. The van der Waals surface area contributed by atoms with Gasteiger partial charge >= 0.3 is 24.5 Å². The van der Waals surface area contributed by atoms with Gasteiger partial charge in [0.25, 0.3) is 0 Å². The molecule has 0 aliphatic heterocycles. The number of alkyl halides is 6. The molecular formula is C19H10F6N6O3. The summed E-state index contributed by atoms with van der Waals surface area (Å²) in [6.07, 6.45) is -11.1. The minimum Gasteiger partial charge on any atom is -0.453 e. The molecule has 2 aromatic carbocycles. The summed E-state index contributed by atoms with van der Waals surface area (Å²) >= 11 is 0. The number of nitriles is 2. The van der Waals surface area contributed by atoms with Gasteiger partial charge in [0.2, 0.25) is 0 Å². The molecule has 1 N–H and O–H groups in total. The Morgan fingerprint density at radius 1 is 0.941 bits per heavy atom. The Balaban J connectivity index is 2.69. The zero-order chi connectivity index (χ0) is 25.7. The number of nitrogens with one attached hydrogen (secondary N) is 1. The molecule has 0 saturated heterocycles. The number of amides is 3. The average Bonchev–Trinajstić information content (AvgIpc) is 2.77. The molecule has 0 atom stereocenters. The molecule has 0 heterocycles. The van der Waals surface area contributed by atoms with Crippen LogP contribution in [0.3, 0.4) is 0 Å². The van der Waals surface area contributed by atoms with Crippen LogP contribution in [-0.2, 0) is 17.1 Å². The topological polar surface area (TPSA) is 131 Å². The van der Waals surface area contributed by atoms with Crippen LogP contribution in [0.25, 0.3) is 0 Å². The first kappa shape index (κ1) is 25.6. The summed E-state index contributed by atoms with van der Waals surface area (Å²) < 4.78 is 82.7. The number of alkyl carbamates (subject to hydrolysis) is 1. The standard InChI is InChI=1S/C19H10F6N6O3/c1-34-17(33)28-16(32)31(15-7-13(19(23,24)25)5-3-11(15)9-27)30-29-14-6-12(18(20,21)22)4-2-10(14)8-26/h2-7H,1H3,(H,28,32,33). The quantitative estimate of drug-likeness (QED) is 0.352. The van der Waals surface area contributed by atoms with Gasteiger partial charge in [-0.1, -0.05) is 5.22 Å². The van der Waals surface area contributed by atoms with E-state index in [1.165, 1.54) is 6.07 Å². The van der Waals surface area contributed by atoms with E-state index in [0.29, 0.717) is 30.3 Å². The van der Waals surface area contributed by atoms with Crippen LogP contribution in [-0.4, -0.2) is 19.2 Å². The lowest BCUT2D eigenvalue weighted by Crippen LogP contribution is -2.40. The third-order valence-electron chi connectivity index (χ3n) is 3.95. The van der Waals surface area contributed by atoms with Crippen molar-refractivity contribution in [1.82, 2.24) is 5.32 Å². The second-order valence-corrected chi connectivity index (χ2v) is 6.11. The van der Waals surface area contributed by atoms with Crippen LogP contribution in [0.4, 0.5) is 47.3 Å². The summed E-state index contributed by atoms with van der Waals surface area (Å²) in [4.78, 5) is 23.9. The Bertz CT molecular complexity index is 1230. The van der Waals surface area contributed by atoms with Crippen molar-refractivity contribution in [3.8, 4) is 12.1 Å². The Kier molecular flexibility index (Phi) is 7.43. The summed E-state index contributed by atoms with van der Waals surface area (Å²) in [5.74, 6) is 0. The Labute approximate surface area is 186 Å². The Morgan fingerprint density at radius 3 is 1.97 bits per heavy atom. The second kappa shape index (κ2) is 9.86. The SMILES string of the molecule is COC(=O)NC(=O)N(N=Nc1cc(C(F)(F)F)ccc1C#N)c1cc(C(F)(F)F)ccc1C#N. The second-order valence-electron chi connectivity index (χ2n) is 6.11. The molecule has 0 bridgehead atoms. The van der Waals surface area contributed by atoms with Crippen molar-refractivity contribution in [2.24, 2.45) is 10.3 Å². The number of rotatable bonds is 3. The van der Waals surface area contributed by atoms with Gasteiger partial charge in [-0.15, -0.1) is 5.11 Å². The number of ether oxygens (including phenoxy) is 1. The number of hydrogen-bond acceptors (Lipinski definition) is 7. The fourth-order valence-corrected chi connectivity index (χ4v) is 2.35. The van der Waals surface area contributed by atoms with Gasteiger partial charge in [0.15, 0.2) is 0 Å². The average molecular weight is 484 g/mol. The first-order chi connectivity index (χ1) is 15.8. The predicted octanol–water partition coefficient (Wildman–Crippen LogP) is 5.45. The van der Waals surface area contributed by atoms with E-state index in [0.717, 1.165) is 13.2 Å². The third kappa shape index (κ3) is 5.98. The van der Waals surface area contributed by atoms with Gasteiger partial charge in [0.1, 0.15) is 17.8 Å². The monoisotopic (exact) mass is 484 g/mol. The van der Waals surface area contributed by atoms with E-state index in [2.05, 4.69) is 15.1 Å². The van der Waals surface area contributed by atoms with E-state index in [-0.39, 0.29) is 5.01 Å². The maximum Gasteiger partial charge on any atom is 0.416 e. The highest BCUT2D eigenvalue weighted by molar-refractivity contribution is 6.01. The summed E-state index contributed by atoms with van der Waals surface area (Å²) in [5, 5.41) is 26.6. The molecule has 2 aromatic rings. The maximum absolute atomic E-state index is 13.2. The molecule has 0 aliphatic rings. The van der Waals surface area contributed by atoms with Gasteiger partial charge < -0.3 is 4.74 Å². The summed E-state index contributed by atoms with van der Waals surface area (Å²) in [7, 11) is 0.862. The van der Waals surface area contributed by atoms with Crippen LogP contribution in [0.15, 0.2) is 46.7 Å². The highest BCUT2D eigenvalue weighted by Gasteiger charge is 2.33. The molecule has 176 valence electrons. The Hall–Kier alpha value is -4.66. The number of hydrogen-bond donors (Lipinski definition) is 1. The van der Waals surface area contributed by atoms with Gasteiger partial charge in [-0.2, -0.15) is 41.9 Å². The van der Waals surface area contributed by atoms with E-state index in [4.69, 9.17) is 5.26 Å². The Morgan fingerprint density at radius 2 is 1.47 bits per heavy atom. The molecule has 2 rings (SSSR count). The molecule has 15 heteroatoms. The number of carbonyl (C=O) groups excluding carboxylic acids is 2. The minimum absolute atomic E-state index is 0.0339. The van der Waals surface area contributed by atoms with E-state index in [1.54, 1.807) is 11.4 Å². The lowest BCUT2D eigenvalue weighted by molar-refractivity contribution is -0.138. The van der Waals surface area contributed by atoms with Crippen molar-refractivity contribution in [3.05, 3.63) is 58.7 Å². The zero-order valence-corrected chi connectivity index (χ0v) is 16.7. The molecule has 0 saturated carbocycles. The van der Waals surface area contributed by atoms with E-state index in [1.807, 2.05) is 0 Å². The van der Waals surface area contributed by atoms with Gasteiger partial charge in [-0.05, 0) is 36.4 Å². The number of nitrogens with zero attached hydrogens (tertiary/aromatic N) is 5. The first-order valence-electron chi connectivity index (χ1n) is 8.65. The minimum atomic E-state index is -4.92. The largest absolute Gasteiger partial charge is 0.453 e. The third-order valence-corrected chi connectivity index (χ3v) is 3.95.